The van der Waals surface area contributed by atoms with Gasteiger partial charge in [-0.3, -0.25) is 9.69 Å². The molecule has 1 aromatic carbocycles. The maximum absolute atomic E-state index is 12.4. The van der Waals surface area contributed by atoms with E-state index >= 15 is 0 Å². The van der Waals surface area contributed by atoms with E-state index in [1.165, 1.54) is 0 Å². The number of fused-ring (bicyclic) bond motifs is 1. The second-order valence-corrected chi connectivity index (χ2v) is 4.68. The van der Waals surface area contributed by atoms with Crippen molar-refractivity contribution in [1.82, 2.24) is 4.90 Å². The Morgan fingerprint density at radius 3 is 2.85 bits per heavy atom. The first-order valence-electron chi connectivity index (χ1n) is 6.60. The monoisotopic (exact) mass is 273 g/mol. The van der Waals surface area contributed by atoms with E-state index in [-0.39, 0.29) is 24.1 Å². The molecule has 1 amide bonds. The van der Waals surface area contributed by atoms with Gasteiger partial charge in [-0.25, -0.2) is 4.79 Å². The number of carbonyl (C=O) groups is 2. The summed E-state index contributed by atoms with van der Waals surface area (Å²) in [4.78, 5) is 25.7. The summed E-state index contributed by atoms with van der Waals surface area (Å²) in [5, 5.41) is 0. The first-order chi connectivity index (χ1) is 9.72. The molecule has 0 saturated carbocycles. The molecule has 2 heterocycles. The zero-order valence-electron chi connectivity index (χ0n) is 11.1. The van der Waals surface area contributed by atoms with Crippen LogP contribution >= 0.6 is 0 Å². The summed E-state index contributed by atoms with van der Waals surface area (Å²) in [6.07, 6.45) is 1.21. The van der Waals surface area contributed by atoms with Gasteiger partial charge in [-0.15, -0.1) is 0 Å². The zero-order valence-corrected chi connectivity index (χ0v) is 11.1. The quantitative estimate of drug-likeness (QED) is 0.617. The van der Waals surface area contributed by atoms with E-state index < -0.39 is 12.2 Å². The molecule has 0 radical (unpaired) electrons. The van der Waals surface area contributed by atoms with Gasteiger partial charge in [0.15, 0.2) is 6.23 Å². The Balaban J connectivity index is 1.84. The summed E-state index contributed by atoms with van der Waals surface area (Å²) in [7, 11) is 0. The predicted octanol–water partition coefficient (Wildman–Crippen LogP) is 1.42. The lowest BCUT2D eigenvalue weighted by atomic mass is 10.2. The van der Waals surface area contributed by atoms with E-state index in [4.69, 9.17) is 9.47 Å². The maximum Gasteiger partial charge on any atom is 0.343 e. The fourth-order valence-electron chi connectivity index (χ4n) is 2.55. The molecule has 0 N–H and O–H groups in total. The fourth-order valence-corrected chi connectivity index (χ4v) is 2.55. The van der Waals surface area contributed by atoms with Crippen LogP contribution in [0.5, 0.6) is 0 Å². The molecule has 5 heteroatoms. The molecule has 2 atom stereocenters. The number of rotatable bonds is 3. The van der Waals surface area contributed by atoms with Gasteiger partial charge in [0.05, 0.1) is 19.3 Å². The molecule has 1 saturated heterocycles. The van der Waals surface area contributed by atoms with Crippen LogP contribution in [0.15, 0.2) is 42.0 Å². The first-order valence-corrected chi connectivity index (χ1v) is 6.60. The van der Waals surface area contributed by atoms with E-state index in [9.17, 15) is 9.59 Å². The van der Waals surface area contributed by atoms with E-state index in [0.29, 0.717) is 6.61 Å². The smallest absolute Gasteiger partial charge is 0.343 e. The van der Waals surface area contributed by atoms with Crippen molar-refractivity contribution in [3.8, 4) is 0 Å². The van der Waals surface area contributed by atoms with Crippen molar-refractivity contribution in [2.45, 2.75) is 19.2 Å². The first kappa shape index (κ1) is 12.9. The van der Waals surface area contributed by atoms with Crippen LogP contribution in [0.4, 0.5) is 0 Å². The summed E-state index contributed by atoms with van der Waals surface area (Å²) >= 11 is 0. The predicted molar refractivity (Wildman–Crippen MR) is 70.5 cm³/mol. The molecule has 3 rings (SSSR count). The molecular weight excluding hydrogens is 258 g/mol. The highest BCUT2D eigenvalue weighted by Crippen LogP contribution is 2.36. The molecule has 20 heavy (non-hydrogen) atoms. The van der Waals surface area contributed by atoms with Crippen LogP contribution in [-0.4, -0.2) is 36.0 Å². The van der Waals surface area contributed by atoms with E-state index in [0.717, 1.165) is 5.56 Å². The minimum atomic E-state index is -0.557. The molecule has 2 aliphatic rings. The van der Waals surface area contributed by atoms with Crippen molar-refractivity contribution >= 4 is 11.9 Å². The molecule has 2 aliphatic heterocycles. The number of hydrogen-bond donors (Lipinski definition) is 0. The van der Waals surface area contributed by atoms with Gasteiger partial charge < -0.3 is 9.47 Å². The zero-order chi connectivity index (χ0) is 14.1. The van der Waals surface area contributed by atoms with Gasteiger partial charge >= 0.3 is 5.97 Å². The number of benzene rings is 1. The molecule has 1 fully saturated rings. The number of nitrogens with zero attached hydrogens (tertiary/aromatic N) is 1. The standard InChI is InChI=1S/C15H15NO4/c1-2-19-15(18)12-8-11-9-20-14(16(11)13(12)17)10-6-4-3-5-7-10/h3-8,11,14H,2,9H2,1H3/t11-,14+/m0/s1. The Morgan fingerprint density at radius 1 is 1.40 bits per heavy atom. The lowest BCUT2D eigenvalue weighted by Crippen LogP contribution is -2.33. The minimum absolute atomic E-state index is 0.112. The summed E-state index contributed by atoms with van der Waals surface area (Å²) in [6.45, 7) is 2.37. The number of amides is 1. The molecule has 0 bridgehead atoms. The topological polar surface area (TPSA) is 55.8 Å². The van der Waals surface area contributed by atoms with E-state index in [1.807, 2.05) is 30.3 Å². The van der Waals surface area contributed by atoms with Crippen LogP contribution in [0, 0.1) is 0 Å². The van der Waals surface area contributed by atoms with Gasteiger partial charge in [0.2, 0.25) is 0 Å². The Morgan fingerprint density at radius 2 is 2.15 bits per heavy atom. The average molecular weight is 273 g/mol. The van der Waals surface area contributed by atoms with Crippen LogP contribution in [0.1, 0.15) is 18.7 Å². The lowest BCUT2D eigenvalue weighted by Gasteiger charge is -2.22. The third-order valence-corrected chi connectivity index (χ3v) is 3.44. The van der Waals surface area contributed by atoms with Crippen molar-refractivity contribution in [2.75, 3.05) is 13.2 Å². The third kappa shape index (κ3) is 2.00. The summed E-state index contributed by atoms with van der Waals surface area (Å²) < 4.78 is 10.6. The van der Waals surface area contributed by atoms with Gasteiger partial charge in [0, 0.05) is 5.56 Å². The van der Waals surface area contributed by atoms with Crippen molar-refractivity contribution in [2.24, 2.45) is 0 Å². The van der Waals surface area contributed by atoms with Crippen molar-refractivity contribution < 1.29 is 19.1 Å². The Labute approximate surface area is 116 Å². The molecule has 5 nitrogen and oxygen atoms in total. The van der Waals surface area contributed by atoms with Crippen molar-refractivity contribution in [3.05, 3.63) is 47.5 Å². The molecule has 104 valence electrons. The normalized spacial score (nSPS) is 24.6. The second kappa shape index (κ2) is 5.09. The Bertz CT molecular complexity index is 566. The van der Waals surface area contributed by atoms with Crippen molar-refractivity contribution in [1.29, 1.82) is 0 Å². The highest BCUT2D eigenvalue weighted by atomic mass is 16.5. The summed E-state index contributed by atoms with van der Waals surface area (Å²) in [5.41, 5.74) is 1.02. The molecule has 1 aromatic rings. The van der Waals surface area contributed by atoms with Crippen LogP contribution in [0.3, 0.4) is 0 Å². The summed E-state index contributed by atoms with van der Waals surface area (Å²) in [5.74, 6) is -0.876. The maximum atomic E-state index is 12.4. The minimum Gasteiger partial charge on any atom is -0.462 e. The number of ether oxygens (including phenoxy) is 2. The summed E-state index contributed by atoms with van der Waals surface area (Å²) in [6, 6.07) is 9.32. The Kier molecular flexibility index (Phi) is 3.28. The molecule has 0 aromatic heterocycles. The van der Waals surface area contributed by atoms with Gasteiger partial charge in [0.25, 0.3) is 5.91 Å². The fraction of sp³-hybridized carbons (Fsp3) is 0.333. The molecule has 0 spiro atoms. The molecule has 0 aliphatic carbocycles. The molecular formula is C15H15NO4. The van der Waals surface area contributed by atoms with Gasteiger partial charge in [-0.1, -0.05) is 30.3 Å². The molecule has 0 unspecified atom stereocenters. The van der Waals surface area contributed by atoms with Gasteiger partial charge in [0.1, 0.15) is 5.57 Å². The second-order valence-electron chi connectivity index (χ2n) is 4.68. The average Bonchev–Trinajstić information content (AvgIpc) is 3.01. The lowest BCUT2D eigenvalue weighted by molar-refractivity contribution is -0.142. The van der Waals surface area contributed by atoms with Gasteiger partial charge in [-0.05, 0) is 13.0 Å². The number of hydrogen-bond acceptors (Lipinski definition) is 4. The number of esters is 1. The SMILES string of the molecule is CCOC(=O)C1=C[C@H]2CO[C@H](c3ccccc3)N2C1=O. The van der Waals surface area contributed by atoms with Crippen LogP contribution in [-0.2, 0) is 19.1 Å². The largest absolute Gasteiger partial charge is 0.462 e. The van der Waals surface area contributed by atoms with E-state index in [1.54, 1.807) is 17.9 Å². The van der Waals surface area contributed by atoms with E-state index in [2.05, 4.69) is 0 Å². The van der Waals surface area contributed by atoms with Crippen molar-refractivity contribution in [3.63, 3.8) is 0 Å². The highest BCUT2D eigenvalue weighted by Gasteiger charge is 2.45. The van der Waals surface area contributed by atoms with Gasteiger partial charge in [-0.2, -0.15) is 0 Å². The Hall–Kier alpha value is -2.14. The van der Waals surface area contributed by atoms with Crippen LogP contribution in [0.25, 0.3) is 0 Å². The van der Waals surface area contributed by atoms with Crippen LogP contribution < -0.4 is 0 Å². The number of carbonyl (C=O) groups excluding carboxylic acids is 2. The highest BCUT2D eigenvalue weighted by molar-refractivity contribution is 6.18. The van der Waals surface area contributed by atoms with Crippen LogP contribution in [0.2, 0.25) is 0 Å². The third-order valence-electron chi connectivity index (χ3n) is 3.44.